The lowest BCUT2D eigenvalue weighted by atomic mass is 10.0. The Labute approximate surface area is 239 Å². The van der Waals surface area contributed by atoms with E-state index in [4.69, 9.17) is 9.15 Å². The van der Waals surface area contributed by atoms with E-state index in [0.717, 1.165) is 29.9 Å². The number of hydrogen-bond donors (Lipinski definition) is 1. The number of nitrogens with zero attached hydrogens (tertiary/aromatic N) is 6. The van der Waals surface area contributed by atoms with Crippen molar-refractivity contribution >= 4 is 23.2 Å². The van der Waals surface area contributed by atoms with Gasteiger partial charge in [-0.05, 0) is 79.4 Å². The van der Waals surface area contributed by atoms with Crippen LogP contribution in [0.2, 0.25) is 0 Å². The molecule has 2 amide bonds. The Kier molecular flexibility index (Phi) is 8.44. The van der Waals surface area contributed by atoms with Crippen molar-refractivity contribution in [1.29, 1.82) is 0 Å². The van der Waals surface area contributed by atoms with Gasteiger partial charge in [-0.2, -0.15) is 4.80 Å². The molecule has 214 valence electrons. The van der Waals surface area contributed by atoms with Crippen molar-refractivity contribution in [2.75, 3.05) is 37.0 Å². The zero-order valence-corrected chi connectivity index (χ0v) is 23.8. The van der Waals surface area contributed by atoms with Crippen LogP contribution in [0.3, 0.4) is 0 Å². The van der Waals surface area contributed by atoms with Gasteiger partial charge in [0.2, 0.25) is 11.7 Å². The number of aromatic nitrogens is 4. The Balaban J connectivity index is 1.50. The minimum atomic E-state index is -0.947. The maximum atomic E-state index is 14.1. The van der Waals surface area contributed by atoms with Gasteiger partial charge in [-0.1, -0.05) is 24.3 Å². The normalized spacial score (nSPS) is 15.5. The Morgan fingerprint density at radius 3 is 2.54 bits per heavy atom. The predicted octanol–water partition coefficient (Wildman–Crippen LogP) is 3.69. The number of rotatable bonds is 10. The molecule has 0 aliphatic carbocycles. The fourth-order valence-corrected chi connectivity index (χ4v) is 4.86. The molecule has 2 unspecified atom stereocenters. The van der Waals surface area contributed by atoms with E-state index in [1.807, 2.05) is 87.4 Å². The largest absolute Gasteiger partial charge is 0.458 e. The topological polar surface area (TPSA) is 119 Å². The molecule has 1 aliphatic rings. The van der Waals surface area contributed by atoms with Crippen LogP contribution in [0.5, 0.6) is 0 Å². The lowest BCUT2D eigenvalue weighted by Gasteiger charge is -2.32. The third-order valence-corrected chi connectivity index (χ3v) is 7.00. The van der Waals surface area contributed by atoms with Crippen LogP contribution < -0.4 is 15.1 Å². The van der Waals surface area contributed by atoms with Crippen LogP contribution in [0.1, 0.15) is 35.8 Å². The van der Waals surface area contributed by atoms with Gasteiger partial charge in [0.15, 0.2) is 5.76 Å². The minimum Gasteiger partial charge on any atom is -0.458 e. The highest BCUT2D eigenvalue weighted by Crippen LogP contribution is 2.30. The maximum Gasteiger partial charge on any atom is 0.251 e. The van der Waals surface area contributed by atoms with Crippen LogP contribution in [0.15, 0.2) is 65.1 Å². The van der Waals surface area contributed by atoms with E-state index in [1.165, 1.54) is 9.70 Å². The van der Waals surface area contributed by atoms with E-state index in [2.05, 4.69) is 20.7 Å². The molecule has 4 aromatic rings. The first-order valence-corrected chi connectivity index (χ1v) is 13.7. The number of benzene rings is 2. The molecule has 0 saturated carbocycles. The number of tetrazole rings is 1. The quantitative estimate of drug-likeness (QED) is 0.314. The van der Waals surface area contributed by atoms with E-state index in [-0.39, 0.29) is 30.3 Å². The average molecular weight is 558 g/mol. The van der Waals surface area contributed by atoms with E-state index in [0.29, 0.717) is 30.2 Å². The SMILES string of the molecule is Cc1cccc(N(C(=O)Cn2nnc(-c3ccc(C)o3)n2)C(C(=O)NCC2CCCO2)c2ccc(N(C)C)cc2)c1. The third kappa shape index (κ3) is 6.63. The maximum absolute atomic E-state index is 14.1. The zero-order chi connectivity index (χ0) is 28.9. The second-order valence-corrected chi connectivity index (χ2v) is 10.4. The summed E-state index contributed by atoms with van der Waals surface area (Å²) < 4.78 is 11.3. The second-order valence-electron chi connectivity index (χ2n) is 10.4. The molecule has 2 atom stereocenters. The first kappa shape index (κ1) is 28.0. The third-order valence-electron chi connectivity index (χ3n) is 7.00. The highest BCUT2D eigenvalue weighted by Gasteiger charge is 2.34. The molecule has 3 heterocycles. The summed E-state index contributed by atoms with van der Waals surface area (Å²) in [4.78, 5) is 32.7. The van der Waals surface area contributed by atoms with Crippen LogP contribution in [0, 0.1) is 13.8 Å². The predicted molar refractivity (Wildman–Crippen MR) is 154 cm³/mol. The second kappa shape index (κ2) is 12.3. The number of aryl methyl sites for hydroxylation is 2. The molecule has 2 aromatic heterocycles. The summed E-state index contributed by atoms with van der Waals surface area (Å²) in [5.41, 5.74) is 3.20. The van der Waals surface area contributed by atoms with Crippen molar-refractivity contribution in [3.05, 3.63) is 77.6 Å². The van der Waals surface area contributed by atoms with Crippen LogP contribution in [0.25, 0.3) is 11.6 Å². The van der Waals surface area contributed by atoms with Gasteiger partial charge in [-0.25, -0.2) is 0 Å². The van der Waals surface area contributed by atoms with Gasteiger partial charge in [0, 0.05) is 38.6 Å². The van der Waals surface area contributed by atoms with Gasteiger partial charge < -0.3 is 19.4 Å². The number of amides is 2. The molecule has 11 heteroatoms. The fraction of sp³-hybridized carbons (Fsp3) is 0.367. The van der Waals surface area contributed by atoms with Crippen molar-refractivity contribution in [1.82, 2.24) is 25.5 Å². The molecule has 0 radical (unpaired) electrons. The number of ether oxygens (including phenoxy) is 1. The van der Waals surface area contributed by atoms with Crippen LogP contribution in [-0.2, 0) is 20.9 Å². The Morgan fingerprint density at radius 1 is 1.07 bits per heavy atom. The Morgan fingerprint density at radius 2 is 1.88 bits per heavy atom. The van der Waals surface area contributed by atoms with Gasteiger partial charge in [-0.3, -0.25) is 14.5 Å². The van der Waals surface area contributed by atoms with Crippen LogP contribution >= 0.6 is 0 Å². The lowest BCUT2D eigenvalue weighted by molar-refractivity contribution is -0.127. The summed E-state index contributed by atoms with van der Waals surface area (Å²) >= 11 is 0. The summed E-state index contributed by atoms with van der Waals surface area (Å²) in [6.07, 6.45) is 1.81. The number of carbonyl (C=O) groups excluding carboxylic acids is 2. The van der Waals surface area contributed by atoms with Crippen molar-refractivity contribution in [2.24, 2.45) is 0 Å². The molecule has 1 fully saturated rings. The Bertz CT molecular complexity index is 1490. The molecule has 0 spiro atoms. The lowest BCUT2D eigenvalue weighted by Crippen LogP contribution is -2.46. The molecule has 1 aliphatic heterocycles. The summed E-state index contributed by atoms with van der Waals surface area (Å²) in [7, 11) is 3.90. The first-order chi connectivity index (χ1) is 19.8. The van der Waals surface area contributed by atoms with E-state index < -0.39 is 6.04 Å². The smallest absolute Gasteiger partial charge is 0.251 e. The van der Waals surface area contributed by atoms with E-state index >= 15 is 0 Å². The van der Waals surface area contributed by atoms with Gasteiger partial charge in [-0.15, -0.1) is 10.2 Å². The molecule has 2 aromatic carbocycles. The minimum absolute atomic E-state index is 0.0400. The first-order valence-electron chi connectivity index (χ1n) is 13.7. The van der Waals surface area contributed by atoms with Crippen molar-refractivity contribution in [3.63, 3.8) is 0 Å². The molecule has 5 rings (SSSR count). The number of nitrogens with one attached hydrogen (secondary N) is 1. The standard InChI is InChI=1S/C30H35N7O4/c1-20-7-5-8-24(17-20)37(27(38)19-36-33-29(32-34-36)26-15-10-21(2)41-26)28(22-11-13-23(14-12-22)35(3)4)30(39)31-18-25-9-6-16-40-25/h5,7-8,10-15,17,25,28H,6,9,16,18-19H2,1-4H3,(H,31,39). The molecule has 41 heavy (non-hydrogen) atoms. The van der Waals surface area contributed by atoms with Gasteiger partial charge in [0.1, 0.15) is 18.3 Å². The summed E-state index contributed by atoms with van der Waals surface area (Å²) in [6.45, 7) is 4.60. The Hall–Kier alpha value is -4.51. The fourth-order valence-electron chi connectivity index (χ4n) is 4.86. The molecular weight excluding hydrogens is 522 g/mol. The number of anilines is 2. The van der Waals surface area contributed by atoms with Gasteiger partial charge in [0.25, 0.3) is 5.91 Å². The van der Waals surface area contributed by atoms with E-state index in [1.54, 1.807) is 6.07 Å². The molecule has 1 saturated heterocycles. The highest BCUT2D eigenvalue weighted by atomic mass is 16.5. The zero-order valence-electron chi connectivity index (χ0n) is 23.8. The molecule has 11 nitrogen and oxygen atoms in total. The summed E-state index contributed by atoms with van der Waals surface area (Å²) in [6, 6.07) is 17.8. The van der Waals surface area contributed by atoms with Gasteiger partial charge in [0.05, 0.1) is 6.10 Å². The van der Waals surface area contributed by atoms with Crippen molar-refractivity contribution in [2.45, 2.75) is 45.4 Å². The van der Waals surface area contributed by atoms with Crippen LogP contribution in [0.4, 0.5) is 11.4 Å². The summed E-state index contributed by atoms with van der Waals surface area (Å²) in [5.74, 6) is 0.785. The number of hydrogen-bond acceptors (Lipinski definition) is 8. The van der Waals surface area contributed by atoms with Crippen molar-refractivity contribution in [3.8, 4) is 11.6 Å². The monoisotopic (exact) mass is 557 g/mol. The average Bonchev–Trinajstić information content (AvgIpc) is 3.73. The van der Waals surface area contributed by atoms with Crippen LogP contribution in [-0.4, -0.2) is 65.4 Å². The molecule has 0 bridgehead atoms. The molecule has 1 N–H and O–H groups in total. The van der Waals surface area contributed by atoms with E-state index in [9.17, 15) is 9.59 Å². The van der Waals surface area contributed by atoms with Crippen molar-refractivity contribution < 1.29 is 18.7 Å². The number of carbonyl (C=O) groups is 2. The summed E-state index contributed by atoms with van der Waals surface area (Å²) in [5, 5.41) is 15.5. The highest BCUT2D eigenvalue weighted by molar-refractivity contribution is 6.01. The van der Waals surface area contributed by atoms with Gasteiger partial charge >= 0.3 is 0 Å². The number of furan rings is 1. The molecular formula is C30H35N7O4.